The highest BCUT2D eigenvalue weighted by Gasteiger charge is 2.22. The summed E-state index contributed by atoms with van der Waals surface area (Å²) in [5.74, 6) is 1.86. The van der Waals surface area contributed by atoms with E-state index in [1.165, 1.54) is 0 Å². The smallest absolute Gasteiger partial charge is 0.175 e. The van der Waals surface area contributed by atoms with E-state index in [1.807, 2.05) is 18.2 Å². The van der Waals surface area contributed by atoms with Crippen molar-refractivity contribution in [2.45, 2.75) is 45.4 Å². The van der Waals surface area contributed by atoms with Gasteiger partial charge in [0.1, 0.15) is 5.76 Å². The molecule has 1 aromatic carbocycles. The first kappa shape index (κ1) is 13.7. The van der Waals surface area contributed by atoms with Gasteiger partial charge in [0.05, 0.1) is 5.56 Å². The summed E-state index contributed by atoms with van der Waals surface area (Å²) in [6.45, 7) is 4.40. The lowest BCUT2D eigenvalue weighted by Gasteiger charge is -2.13. The number of nitrogens with zero attached hydrogens (tertiary/aromatic N) is 1. The lowest BCUT2D eigenvalue weighted by Crippen LogP contribution is -1.99. The Kier molecular flexibility index (Phi) is 4.61. The Bertz CT molecular complexity index is 499. The van der Waals surface area contributed by atoms with E-state index in [-0.39, 0.29) is 0 Å². The monoisotopic (exact) mass is 258 g/mol. The maximum absolute atomic E-state index is 6.00. The third-order valence-corrected chi connectivity index (χ3v) is 3.45. The van der Waals surface area contributed by atoms with Crippen molar-refractivity contribution in [3.05, 3.63) is 36.1 Å². The number of hydrogen-bond acceptors (Lipinski definition) is 3. The van der Waals surface area contributed by atoms with Crippen LogP contribution in [-0.2, 0) is 0 Å². The highest BCUT2D eigenvalue weighted by Crippen LogP contribution is 2.37. The van der Waals surface area contributed by atoms with Gasteiger partial charge in [-0.15, -0.1) is 0 Å². The van der Waals surface area contributed by atoms with Crippen molar-refractivity contribution in [2.75, 3.05) is 5.73 Å². The molecule has 0 bridgehead atoms. The number of aromatic nitrogens is 1. The van der Waals surface area contributed by atoms with E-state index in [4.69, 9.17) is 10.3 Å². The van der Waals surface area contributed by atoms with E-state index in [0.29, 0.717) is 11.7 Å². The average Bonchev–Trinajstić information content (AvgIpc) is 2.81. The van der Waals surface area contributed by atoms with Crippen LogP contribution >= 0.6 is 0 Å². The van der Waals surface area contributed by atoms with Crippen LogP contribution in [0, 0.1) is 0 Å². The molecule has 3 nitrogen and oxygen atoms in total. The van der Waals surface area contributed by atoms with Crippen molar-refractivity contribution in [1.82, 2.24) is 5.16 Å². The molecule has 0 aliphatic rings. The largest absolute Gasteiger partial charge is 0.380 e. The second-order valence-corrected chi connectivity index (χ2v) is 4.95. The Morgan fingerprint density at radius 1 is 1.11 bits per heavy atom. The summed E-state index contributed by atoms with van der Waals surface area (Å²) in [6, 6.07) is 10.1. The lowest BCUT2D eigenvalue weighted by molar-refractivity contribution is 0.346. The standard InChI is InChI=1S/C16H22N2O/c1-3-8-13(9-4-2)15-14(16(17)18-19-15)12-10-6-5-7-11-12/h5-7,10-11,13H,3-4,8-9H2,1-2H3,(H2,17,18). The van der Waals surface area contributed by atoms with Crippen LogP contribution in [0.4, 0.5) is 5.82 Å². The van der Waals surface area contributed by atoms with Crippen LogP contribution in [0.1, 0.15) is 51.2 Å². The first-order valence-electron chi connectivity index (χ1n) is 7.08. The summed E-state index contributed by atoms with van der Waals surface area (Å²) in [5, 5.41) is 3.98. The fourth-order valence-corrected chi connectivity index (χ4v) is 2.59. The number of nitrogen functional groups attached to an aromatic ring is 1. The molecule has 0 radical (unpaired) electrons. The quantitative estimate of drug-likeness (QED) is 0.823. The van der Waals surface area contributed by atoms with Gasteiger partial charge in [0, 0.05) is 5.92 Å². The van der Waals surface area contributed by atoms with Crippen LogP contribution in [0.3, 0.4) is 0 Å². The van der Waals surface area contributed by atoms with Gasteiger partial charge in [-0.3, -0.25) is 0 Å². The van der Waals surface area contributed by atoms with Crippen LogP contribution in [0.2, 0.25) is 0 Å². The summed E-state index contributed by atoms with van der Waals surface area (Å²) < 4.78 is 5.54. The maximum atomic E-state index is 6.00. The Labute approximate surface area is 114 Å². The molecule has 0 saturated heterocycles. The van der Waals surface area contributed by atoms with E-state index in [1.54, 1.807) is 0 Å². The van der Waals surface area contributed by atoms with Gasteiger partial charge >= 0.3 is 0 Å². The fraction of sp³-hybridized carbons (Fsp3) is 0.438. The molecule has 0 unspecified atom stereocenters. The molecule has 19 heavy (non-hydrogen) atoms. The summed E-state index contributed by atoms with van der Waals surface area (Å²) in [4.78, 5) is 0. The molecule has 1 aromatic heterocycles. The Morgan fingerprint density at radius 2 is 1.74 bits per heavy atom. The molecule has 2 rings (SSSR count). The molecule has 1 heterocycles. The Hall–Kier alpha value is -1.77. The molecule has 0 atom stereocenters. The van der Waals surface area contributed by atoms with Gasteiger partial charge in [0.25, 0.3) is 0 Å². The highest BCUT2D eigenvalue weighted by molar-refractivity contribution is 5.75. The van der Waals surface area contributed by atoms with Gasteiger partial charge in [-0.2, -0.15) is 0 Å². The molecule has 2 N–H and O–H groups in total. The minimum absolute atomic E-state index is 0.412. The van der Waals surface area contributed by atoms with Crippen molar-refractivity contribution in [2.24, 2.45) is 0 Å². The minimum Gasteiger partial charge on any atom is -0.380 e. The maximum Gasteiger partial charge on any atom is 0.175 e. The molecule has 0 fully saturated rings. The fourth-order valence-electron chi connectivity index (χ4n) is 2.59. The second kappa shape index (κ2) is 6.41. The normalized spacial score (nSPS) is 11.1. The molecular formula is C16H22N2O. The number of rotatable bonds is 6. The van der Waals surface area contributed by atoms with Crippen LogP contribution in [-0.4, -0.2) is 5.16 Å². The van der Waals surface area contributed by atoms with E-state index < -0.39 is 0 Å². The number of hydrogen-bond donors (Lipinski definition) is 1. The summed E-state index contributed by atoms with van der Waals surface area (Å²) in [6.07, 6.45) is 4.50. The van der Waals surface area contributed by atoms with Crippen molar-refractivity contribution in [3.8, 4) is 11.1 Å². The van der Waals surface area contributed by atoms with Crippen molar-refractivity contribution in [1.29, 1.82) is 0 Å². The molecule has 102 valence electrons. The zero-order chi connectivity index (χ0) is 13.7. The van der Waals surface area contributed by atoms with Crippen molar-refractivity contribution < 1.29 is 4.52 Å². The Balaban J connectivity index is 2.41. The van der Waals surface area contributed by atoms with Crippen molar-refractivity contribution in [3.63, 3.8) is 0 Å². The molecule has 0 saturated carbocycles. The third-order valence-electron chi connectivity index (χ3n) is 3.45. The second-order valence-electron chi connectivity index (χ2n) is 4.95. The summed E-state index contributed by atoms with van der Waals surface area (Å²) >= 11 is 0. The highest BCUT2D eigenvalue weighted by atomic mass is 16.5. The predicted octanol–water partition coefficient (Wildman–Crippen LogP) is 4.61. The molecule has 0 amide bonds. The average molecular weight is 258 g/mol. The van der Waals surface area contributed by atoms with E-state index in [2.05, 4.69) is 31.1 Å². The van der Waals surface area contributed by atoms with Crippen molar-refractivity contribution >= 4 is 5.82 Å². The van der Waals surface area contributed by atoms with Gasteiger partial charge in [0.15, 0.2) is 5.82 Å². The minimum atomic E-state index is 0.412. The lowest BCUT2D eigenvalue weighted by atomic mass is 9.91. The molecule has 0 aliphatic carbocycles. The summed E-state index contributed by atoms with van der Waals surface area (Å²) in [5.41, 5.74) is 8.07. The zero-order valence-corrected chi connectivity index (χ0v) is 11.7. The third kappa shape index (κ3) is 2.98. The van der Waals surface area contributed by atoms with Gasteiger partial charge < -0.3 is 10.3 Å². The first-order valence-corrected chi connectivity index (χ1v) is 7.08. The molecule has 3 heteroatoms. The number of anilines is 1. The van der Waals surface area contributed by atoms with Crippen LogP contribution in [0.25, 0.3) is 11.1 Å². The van der Waals surface area contributed by atoms with Gasteiger partial charge in [-0.25, -0.2) is 0 Å². The number of nitrogens with two attached hydrogens (primary N) is 1. The topological polar surface area (TPSA) is 52.0 Å². The van der Waals surface area contributed by atoms with Crippen LogP contribution in [0.5, 0.6) is 0 Å². The molecule has 0 aliphatic heterocycles. The SMILES string of the molecule is CCCC(CCC)c1onc(N)c1-c1ccccc1. The molecule has 2 aromatic rings. The molecular weight excluding hydrogens is 236 g/mol. The van der Waals surface area contributed by atoms with Gasteiger partial charge in [-0.1, -0.05) is 62.2 Å². The zero-order valence-electron chi connectivity index (χ0n) is 11.7. The first-order chi connectivity index (χ1) is 9.27. The van der Waals surface area contributed by atoms with E-state index >= 15 is 0 Å². The van der Waals surface area contributed by atoms with Gasteiger partial charge in [-0.05, 0) is 18.4 Å². The number of benzene rings is 1. The predicted molar refractivity (Wildman–Crippen MR) is 78.9 cm³/mol. The van der Waals surface area contributed by atoms with Gasteiger partial charge in [0.2, 0.25) is 0 Å². The van der Waals surface area contributed by atoms with Crippen LogP contribution in [0.15, 0.2) is 34.9 Å². The van der Waals surface area contributed by atoms with E-state index in [9.17, 15) is 0 Å². The Morgan fingerprint density at radius 3 is 2.32 bits per heavy atom. The van der Waals surface area contributed by atoms with Crippen LogP contribution < -0.4 is 5.73 Å². The molecule has 0 spiro atoms. The van der Waals surface area contributed by atoms with E-state index in [0.717, 1.165) is 42.6 Å². The summed E-state index contributed by atoms with van der Waals surface area (Å²) in [7, 11) is 0.